The maximum absolute atomic E-state index is 11.2. The minimum atomic E-state index is -0.372. The molecular weight excluding hydrogens is 206 g/mol. The van der Waals surface area contributed by atoms with Gasteiger partial charge in [0, 0.05) is 12.0 Å². The largest absolute Gasteiger partial charge is 0.449 e. The molecule has 0 aromatic carbocycles. The van der Waals surface area contributed by atoms with Crippen LogP contribution in [0.3, 0.4) is 0 Å². The van der Waals surface area contributed by atoms with Gasteiger partial charge in [0.25, 0.3) is 0 Å². The summed E-state index contributed by atoms with van der Waals surface area (Å²) in [6, 6.07) is 0. The van der Waals surface area contributed by atoms with Crippen LogP contribution in [0.25, 0.3) is 0 Å². The molecule has 4 heteroatoms. The molecule has 4 nitrogen and oxygen atoms in total. The van der Waals surface area contributed by atoms with E-state index in [9.17, 15) is 4.79 Å². The average molecular weight is 231 g/mol. The fourth-order valence-electron chi connectivity index (χ4n) is 0.944. The zero-order valence-electron chi connectivity index (χ0n) is 11.3. The van der Waals surface area contributed by atoms with Gasteiger partial charge in [-0.25, -0.2) is 4.79 Å². The van der Waals surface area contributed by atoms with Gasteiger partial charge in [-0.1, -0.05) is 0 Å². The monoisotopic (exact) mass is 231 g/mol. The highest BCUT2D eigenvalue weighted by molar-refractivity contribution is 5.67. The summed E-state index contributed by atoms with van der Waals surface area (Å²) in [6.07, 6.45) is 0.345. The van der Waals surface area contributed by atoms with Crippen molar-refractivity contribution < 1.29 is 14.3 Å². The molecule has 0 aliphatic rings. The van der Waals surface area contributed by atoms with Crippen molar-refractivity contribution in [1.29, 1.82) is 0 Å². The second-order valence-electron chi connectivity index (χ2n) is 5.83. The second kappa shape index (κ2) is 6.09. The van der Waals surface area contributed by atoms with Crippen molar-refractivity contribution in [2.45, 2.75) is 59.1 Å². The topological polar surface area (TPSA) is 47.6 Å². The molecule has 0 aliphatic carbocycles. The Hall–Kier alpha value is -0.770. The second-order valence-corrected chi connectivity index (χ2v) is 5.83. The van der Waals surface area contributed by atoms with E-state index in [2.05, 4.69) is 5.32 Å². The van der Waals surface area contributed by atoms with Crippen LogP contribution in [0, 0.1) is 0 Å². The van der Waals surface area contributed by atoms with E-state index < -0.39 is 0 Å². The number of nitrogens with one attached hydrogen (secondary N) is 1. The maximum atomic E-state index is 11.2. The van der Waals surface area contributed by atoms with Crippen LogP contribution in [0.1, 0.15) is 48.0 Å². The number of hydrogen-bond donors (Lipinski definition) is 1. The third-order valence-electron chi connectivity index (χ3n) is 1.53. The molecule has 0 rings (SSSR count). The Labute approximate surface area is 98.7 Å². The normalized spacial score (nSPS) is 12.4. The smallest absolute Gasteiger partial charge is 0.407 e. The zero-order valence-corrected chi connectivity index (χ0v) is 11.3. The van der Waals surface area contributed by atoms with Crippen LogP contribution in [-0.4, -0.2) is 30.4 Å². The molecule has 96 valence electrons. The Kier molecular flexibility index (Phi) is 5.79. The summed E-state index contributed by atoms with van der Waals surface area (Å²) in [5, 5.41) is 2.72. The standard InChI is InChI=1S/C12H25NO3/c1-11(2,3)13-10(14)15-8-7-9-16-12(4,5)6/h7-9H2,1-6H3,(H,13,14). The predicted octanol–water partition coefficient (Wildman–Crippen LogP) is 2.72. The molecule has 0 radical (unpaired) electrons. The first-order chi connectivity index (χ1) is 7.10. The Morgan fingerprint density at radius 3 is 2.06 bits per heavy atom. The molecule has 0 heterocycles. The molecule has 0 unspecified atom stereocenters. The highest BCUT2D eigenvalue weighted by atomic mass is 16.6. The van der Waals surface area contributed by atoms with E-state index in [1.165, 1.54) is 0 Å². The molecule has 0 saturated heterocycles. The number of carbonyl (C=O) groups is 1. The highest BCUT2D eigenvalue weighted by Gasteiger charge is 2.14. The number of amides is 1. The van der Waals surface area contributed by atoms with Gasteiger partial charge in [0.1, 0.15) is 0 Å². The molecular formula is C12H25NO3. The van der Waals surface area contributed by atoms with Gasteiger partial charge in [-0.15, -0.1) is 0 Å². The molecule has 16 heavy (non-hydrogen) atoms. The van der Waals surface area contributed by atoms with Crippen LogP contribution in [0.5, 0.6) is 0 Å². The summed E-state index contributed by atoms with van der Waals surface area (Å²) in [5.74, 6) is 0. The summed E-state index contributed by atoms with van der Waals surface area (Å²) in [4.78, 5) is 11.2. The lowest BCUT2D eigenvalue weighted by Crippen LogP contribution is -2.41. The minimum Gasteiger partial charge on any atom is -0.449 e. The van der Waals surface area contributed by atoms with Crippen molar-refractivity contribution in [2.24, 2.45) is 0 Å². The molecule has 1 N–H and O–H groups in total. The van der Waals surface area contributed by atoms with Crippen molar-refractivity contribution in [2.75, 3.05) is 13.2 Å². The van der Waals surface area contributed by atoms with Gasteiger partial charge in [0.15, 0.2) is 0 Å². The molecule has 0 bridgehead atoms. The summed E-state index contributed by atoms with van der Waals surface area (Å²) < 4.78 is 10.5. The number of rotatable bonds is 4. The van der Waals surface area contributed by atoms with Crippen molar-refractivity contribution in [3.8, 4) is 0 Å². The first-order valence-electron chi connectivity index (χ1n) is 5.69. The third kappa shape index (κ3) is 11.3. The van der Waals surface area contributed by atoms with Crippen LogP contribution in [-0.2, 0) is 9.47 Å². The van der Waals surface area contributed by atoms with Crippen molar-refractivity contribution in [3.05, 3.63) is 0 Å². The van der Waals surface area contributed by atoms with E-state index in [1.807, 2.05) is 41.5 Å². The minimum absolute atomic E-state index is 0.131. The third-order valence-corrected chi connectivity index (χ3v) is 1.53. The summed E-state index contributed by atoms with van der Waals surface area (Å²) >= 11 is 0. The highest BCUT2D eigenvalue weighted by Crippen LogP contribution is 2.06. The van der Waals surface area contributed by atoms with Gasteiger partial charge >= 0.3 is 6.09 Å². The first-order valence-corrected chi connectivity index (χ1v) is 5.69. The molecule has 0 saturated carbocycles. The number of carbonyl (C=O) groups excluding carboxylic acids is 1. The summed E-state index contributed by atoms with van der Waals surface area (Å²) in [5.41, 5.74) is -0.382. The summed E-state index contributed by atoms with van der Waals surface area (Å²) in [7, 11) is 0. The lowest BCUT2D eigenvalue weighted by atomic mass is 10.1. The molecule has 0 aromatic rings. The quantitative estimate of drug-likeness (QED) is 0.757. The van der Waals surface area contributed by atoms with Crippen LogP contribution in [0.4, 0.5) is 4.79 Å². The van der Waals surface area contributed by atoms with Crippen LogP contribution >= 0.6 is 0 Å². The van der Waals surface area contributed by atoms with Gasteiger partial charge in [-0.3, -0.25) is 0 Å². The lowest BCUT2D eigenvalue weighted by molar-refractivity contribution is -0.00975. The Morgan fingerprint density at radius 1 is 1.06 bits per heavy atom. The SMILES string of the molecule is CC(C)(C)NC(=O)OCCCOC(C)(C)C. The molecule has 1 amide bonds. The Bertz CT molecular complexity index is 213. The summed E-state index contributed by atoms with van der Waals surface area (Å²) in [6.45, 7) is 12.7. The van der Waals surface area contributed by atoms with Crippen LogP contribution < -0.4 is 5.32 Å². The van der Waals surface area contributed by atoms with Gasteiger partial charge in [0.2, 0.25) is 0 Å². The predicted molar refractivity (Wildman–Crippen MR) is 64.6 cm³/mol. The van der Waals surface area contributed by atoms with E-state index in [4.69, 9.17) is 9.47 Å². The van der Waals surface area contributed by atoms with Gasteiger partial charge in [-0.05, 0) is 41.5 Å². The fraction of sp³-hybridized carbons (Fsp3) is 0.917. The van der Waals surface area contributed by atoms with Crippen LogP contribution in [0.2, 0.25) is 0 Å². The van der Waals surface area contributed by atoms with Crippen molar-refractivity contribution >= 4 is 6.09 Å². The Balaban J connectivity index is 3.50. The first kappa shape index (κ1) is 15.2. The van der Waals surface area contributed by atoms with Gasteiger partial charge in [0.05, 0.1) is 18.8 Å². The van der Waals surface area contributed by atoms with E-state index in [-0.39, 0.29) is 17.2 Å². The number of hydrogen-bond acceptors (Lipinski definition) is 3. The lowest BCUT2D eigenvalue weighted by Gasteiger charge is -2.21. The van der Waals surface area contributed by atoms with E-state index in [0.29, 0.717) is 13.2 Å². The molecule has 0 spiro atoms. The average Bonchev–Trinajstić information content (AvgIpc) is 1.97. The molecule has 0 fully saturated rings. The van der Waals surface area contributed by atoms with Crippen LogP contribution in [0.15, 0.2) is 0 Å². The molecule has 0 aliphatic heterocycles. The Morgan fingerprint density at radius 2 is 1.62 bits per heavy atom. The van der Waals surface area contributed by atoms with Gasteiger partial charge in [-0.2, -0.15) is 0 Å². The number of alkyl carbamates (subject to hydrolysis) is 1. The van der Waals surface area contributed by atoms with E-state index >= 15 is 0 Å². The molecule has 0 aromatic heterocycles. The maximum Gasteiger partial charge on any atom is 0.407 e. The van der Waals surface area contributed by atoms with E-state index in [0.717, 1.165) is 6.42 Å². The zero-order chi connectivity index (χ0) is 12.8. The van der Waals surface area contributed by atoms with Crippen molar-refractivity contribution in [1.82, 2.24) is 5.32 Å². The van der Waals surface area contributed by atoms with Gasteiger partial charge < -0.3 is 14.8 Å². The van der Waals surface area contributed by atoms with Crippen molar-refractivity contribution in [3.63, 3.8) is 0 Å². The number of ether oxygens (including phenoxy) is 2. The fourth-order valence-corrected chi connectivity index (χ4v) is 0.944. The molecule has 0 atom stereocenters. The van der Waals surface area contributed by atoms with E-state index in [1.54, 1.807) is 0 Å².